The van der Waals surface area contributed by atoms with Crippen molar-refractivity contribution in [3.8, 4) is 0 Å². The summed E-state index contributed by atoms with van der Waals surface area (Å²) in [6.07, 6.45) is 4.77. The lowest BCUT2D eigenvalue weighted by Crippen LogP contribution is -2.69. The number of amides is 2. The Labute approximate surface area is 119 Å². The second-order valence-corrected chi connectivity index (χ2v) is 5.32. The fourth-order valence-electron chi connectivity index (χ4n) is 2.55. The number of carbonyl (C=O) groups is 2. The molecule has 110 valence electrons. The molecule has 6 heteroatoms. The molecule has 0 radical (unpaired) electrons. The summed E-state index contributed by atoms with van der Waals surface area (Å²) in [6, 6.07) is 1.44. The van der Waals surface area contributed by atoms with E-state index in [-0.39, 0.29) is 11.8 Å². The minimum Gasteiger partial charge on any atom is -0.342 e. The number of nitrogens with one attached hydrogen (secondary N) is 1. The van der Waals surface area contributed by atoms with E-state index in [9.17, 15) is 9.59 Å². The zero-order valence-electron chi connectivity index (χ0n) is 12.3. The molecule has 1 aliphatic heterocycles. The average Bonchev–Trinajstić information content (AvgIpc) is 2.96. The third-order valence-electron chi connectivity index (χ3n) is 4.16. The lowest BCUT2D eigenvalue weighted by molar-refractivity contribution is -0.157. The lowest BCUT2D eigenvalue weighted by Gasteiger charge is -2.45. The summed E-state index contributed by atoms with van der Waals surface area (Å²) in [4.78, 5) is 26.5. The van der Waals surface area contributed by atoms with Gasteiger partial charge in [-0.05, 0) is 25.8 Å². The van der Waals surface area contributed by atoms with Gasteiger partial charge < -0.3 is 10.2 Å². The first-order valence-corrected chi connectivity index (χ1v) is 7.12. The van der Waals surface area contributed by atoms with Crippen LogP contribution in [0.5, 0.6) is 0 Å². The highest BCUT2D eigenvalue weighted by Gasteiger charge is 2.47. The van der Waals surface area contributed by atoms with Gasteiger partial charge in [-0.1, -0.05) is 13.8 Å². The first-order chi connectivity index (χ1) is 9.52. The number of piperazine rings is 1. The second-order valence-electron chi connectivity index (χ2n) is 5.32. The highest BCUT2D eigenvalue weighted by atomic mass is 16.2. The zero-order chi connectivity index (χ0) is 14.8. The molecule has 1 aliphatic rings. The summed E-state index contributed by atoms with van der Waals surface area (Å²) in [5.41, 5.74) is -0.768. The molecule has 0 saturated carbocycles. The van der Waals surface area contributed by atoms with Crippen molar-refractivity contribution in [1.29, 1.82) is 0 Å². The van der Waals surface area contributed by atoms with Crippen LogP contribution in [0.4, 0.5) is 0 Å². The van der Waals surface area contributed by atoms with Crippen LogP contribution in [0.15, 0.2) is 18.5 Å². The molecule has 2 rings (SSSR count). The SMILES string of the molecule is CCC1NC(=O)C(C)(CC)N(CCn2cccn2)C1=O. The second kappa shape index (κ2) is 5.64. The number of hydrogen-bond donors (Lipinski definition) is 1. The fraction of sp³-hybridized carbons (Fsp3) is 0.643. The van der Waals surface area contributed by atoms with E-state index < -0.39 is 11.6 Å². The van der Waals surface area contributed by atoms with Gasteiger partial charge in [0.25, 0.3) is 0 Å². The van der Waals surface area contributed by atoms with Crippen molar-refractivity contribution in [1.82, 2.24) is 20.0 Å². The third kappa shape index (κ3) is 2.42. The predicted octanol–water partition coefficient (Wildman–Crippen LogP) is 0.789. The molecule has 0 aromatic carbocycles. The van der Waals surface area contributed by atoms with Crippen molar-refractivity contribution in [2.45, 2.75) is 51.7 Å². The van der Waals surface area contributed by atoms with Gasteiger partial charge in [0, 0.05) is 18.9 Å². The summed E-state index contributed by atoms with van der Waals surface area (Å²) in [6.45, 7) is 6.76. The predicted molar refractivity (Wildman–Crippen MR) is 74.9 cm³/mol. The van der Waals surface area contributed by atoms with Gasteiger partial charge in [0.2, 0.25) is 11.8 Å². The van der Waals surface area contributed by atoms with Crippen molar-refractivity contribution >= 4 is 11.8 Å². The Hall–Kier alpha value is -1.85. The molecule has 1 fully saturated rings. The lowest BCUT2D eigenvalue weighted by atomic mass is 9.90. The van der Waals surface area contributed by atoms with Gasteiger partial charge in [-0.15, -0.1) is 0 Å². The van der Waals surface area contributed by atoms with E-state index in [0.29, 0.717) is 25.9 Å². The molecule has 6 nitrogen and oxygen atoms in total. The molecule has 2 unspecified atom stereocenters. The van der Waals surface area contributed by atoms with Gasteiger partial charge in [-0.25, -0.2) is 0 Å². The molecule has 2 heterocycles. The Morgan fingerprint density at radius 3 is 2.65 bits per heavy atom. The number of rotatable bonds is 5. The first-order valence-electron chi connectivity index (χ1n) is 7.12. The molecule has 1 N–H and O–H groups in total. The summed E-state index contributed by atoms with van der Waals surface area (Å²) >= 11 is 0. The molecule has 1 aromatic rings. The maximum absolute atomic E-state index is 12.5. The van der Waals surface area contributed by atoms with E-state index in [4.69, 9.17) is 0 Å². The standard InChI is InChI=1S/C14H22N4O2/c1-4-11-12(19)18(10-9-17-8-6-7-15-17)14(3,5-2)13(20)16-11/h6-8,11H,4-5,9-10H2,1-3H3,(H,16,20). The normalized spacial score (nSPS) is 26.8. The fourth-order valence-corrected chi connectivity index (χ4v) is 2.55. The summed E-state index contributed by atoms with van der Waals surface area (Å²) in [7, 11) is 0. The molecule has 20 heavy (non-hydrogen) atoms. The largest absolute Gasteiger partial charge is 0.342 e. The quantitative estimate of drug-likeness (QED) is 0.866. The van der Waals surface area contributed by atoms with Crippen molar-refractivity contribution < 1.29 is 9.59 Å². The van der Waals surface area contributed by atoms with Gasteiger partial charge in [0.1, 0.15) is 11.6 Å². The Kier molecular flexibility index (Phi) is 4.11. The molecule has 0 spiro atoms. The van der Waals surface area contributed by atoms with Crippen molar-refractivity contribution in [3.63, 3.8) is 0 Å². The molecule has 1 saturated heterocycles. The Morgan fingerprint density at radius 2 is 2.10 bits per heavy atom. The van der Waals surface area contributed by atoms with E-state index in [1.165, 1.54) is 0 Å². The van der Waals surface area contributed by atoms with Crippen LogP contribution >= 0.6 is 0 Å². The Bertz CT molecular complexity index is 485. The van der Waals surface area contributed by atoms with Crippen LogP contribution in [0.1, 0.15) is 33.6 Å². The number of nitrogens with zero attached hydrogens (tertiary/aromatic N) is 3. The zero-order valence-corrected chi connectivity index (χ0v) is 12.3. The monoisotopic (exact) mass is 278 g/mol. The molecule has 2 amide bonds. The van der Waals surface area contributed by atoms with E-state index in [2.05, 4.69) is 10.4 Å². The Balaban J connectivity index is 2.18. The van der Waals surface area contributed by atoms with Gasteiger partial charge in [-0.3, -0.25) is 14.3 Å². The van der Waals surface area contributed by atoms with Gasteiger partial charge in [-0.2, -0.15) is 5.10 Å². The minimum atomic E-state index is -0.768. The van der Waals surface area contributed by atoms with Crippen LogP contribution in [0.25, 0.3) is 0 Å². The third-order valence-corrected chi connectivity index (χ3v) is 4.16. The maximum Gasteiger partial charge on any atom is 0.246 e. The molecule has 2 atom stereocenters. The topological polar surface area (TPSA) is 67.2 Å². The number of carbonyl (C=O) groups excluding carboxylic acids is 2. The molecular weight excluding hydrogens is 256 g/mol. The van der Waals surface area contributed by atoms with Crippen molar-refractivity contribution in [2.24, 2.45) is 0 Å². The summed E-state index contributed by atoms with van der Waals surface area (Å²) in [5.74, 6) is -0.0597. The molecule has 0 bridgehead atoms. The van der Waals surface area contributed by atoms with Crippen LogP contribution in [-0.4, -0.2) is 44.6 Å². The molecular formula is C14H22N4O2. The van der Waals surface area contributed by atoms with Gasteiger partial charge in [0.05, 0.1) is 6.54 Å². The van der Waals surface area contributed by atoms with Crippen LogP contribution in [0.2, 0.25) is 0 Å². The summed E-state index contributed by atoms with van der Waals surface area (Å²) in [5, 5.41) is 6.96. The van der Waals surface area contributed by atoms with Crippen LogP contribution in [0, 0.1) is 0 Å². The van der Waals surface area contributed by atoms with E-state index in [1.54, 1.807) is 15.8 Å². The van der Waals surface area contributed by atoms with E-state index in [1.807, 2.05) is 33.0 Å². The molecule has 1 aromatic heterocycles. The van der Waals surface area contributed by atoms with Crippen LogP contribution in [-0.2, 0) is 16.1 Å². The Morgan fingerprint density at radius 1 is 1.35 bits per heavy atom. The number of aromatic nitrogens is 2. The van der Waals surface area contributed by atoms with Crippen LogP contribution in [0.3, 0.4) is 0 Å². The maximum atomic E-state index is 12.5. The highest BCUT2D eigenvalue weighted by molar-refractivity contribution is 5.99. The van der Waals surface area contributed by atoms with Crippen molar-refractivity contribution in [2.75, 3.05) is 6.54 Å². The highest BCUT2D eigenvalue weighted by Crippen LogP contribution is 2.25. The van der Waals surface area contributed by atoms with Crippen molar-refractivity contribution in [3.05, 3.63) is 18.5 Å². The summed E-state index contributed by atoms with van der Waals surface area (Å²) < 4.78 is 1.77. The average molecular weight is 278 g/mol. The smallest absolute Gasteiger partial charge is 0.246 e. The number of hydrogen-bond acceptors (Lipinski definition) is 3. The van der Waals surface area contributed by atoms with Gasteiger partial charge in [0.15, 0.2) is 0 Å². The van der Waals surface area contributed by atoms with E-state index >= 15 is 0 Å². The molecule has 0 aliphatic carbocycles. The van der Waals surface area contributed by atoms with Crippen LogP contribution < -0.4 is 5.32 Å². The first kappa shape index (κ1) is 14.6. The minimum absolute atomic E-state index is 0.00334. The van der Waals surface area contributed by atoms with E-state index in [0.717, 1.165) is 0 Å². The van der Waals surface area contributed by atoms with Gasteiger partial charge >= 0.3 is 0 Å².